The summed E-state index contributed by atoms with van der Waals surface area (Å²) < 4.78 is 0. The fourth-order valence-corrected chi connectivity index (χ4v) is 2.71. The number of rotatable bonds is 3. The van der Waals surface area contributed by atoms with Crippen molar-refractivity contribution in [2.75, 3.05) is 5.32 Å². The number of amides is 3. The molecule has 0 aliphatic carbocycles. The molecule has 1 heterocycles. The van der Waals surface area contributed by atoms with Crippen molar-refractivity contribution in [1.29, 1.82) is 0 Å². The van der Waals surface area contributed by atoms with Gasteiger partial charge in [-0.1, -0.05) is 29.8 Å². The van der Waals surface area contributed by atoms with Crippen molar-refractivity contribution in [3.05, 3.63) is 41.5 Å². The minimum absolute atomic E-state index is 0.263. The molecule has 0 unspecified atom stereocenters. The lowest BCUT2D eigenvalue weighted by Crippen LogP contribution is -2.21. The van der Waals surface area contributed by atoms with Gasteiger partial charge in [-0.3, -0.25) is 10.1 Å². The van der Waals surface area contributed by atoms with Gasteiger partial charge in [0.05, 0.1) is 5.56 Å². The molecule has 2 rings (SSSR count). The van der Waals surface area contributed by atoms with Crippen LogP contribution in [-0.4, -0.2) is 11.9 Å². The minimum atomic E-state index is -0.722. The van der Waals surface area contributed by atoms with E-state index in [9.17, 15) is 9.59 Å². The third-order valence-corrected chi connectivity index (χ3v) is 3.67. The quantitative estimate of drug-likeness (QED) is 0.801. The summed E-state index contributed by atoms with van der Waals surface area (Å²) in [6.07, 6.45) is 0. The van der Waals surface area contributed by atoms with Gasteiger partial charge in [-0.25, -0.2) is 4.79 Å². The molecule has 98 valence electrons. The van der Waals surface area contributed by atoms with Gasteiger partial charge in [-0.05, 0) is 18.6 Å². The summed E-state index contributed by atoms with van der Waals surface area (Å²) in [6.45, 7) is 1.99. The number of nitrogens with one attached hydrogen (secondary N) is 1. The Hall–Kier alpha value is -2.34. The number of primary amides is 2. The Labute approximate surface area is 114 Å². The van der Waals surface area contributed by atoms with Gasteiger partial charge in [0.1, 0.15) is 5.00 Å². The van der Waals surface area contributed by atoms with Crippen molar-refractivity contribution in [2.45, 2.75) is 6.92 Å². The monoisotopic (exact) mass is 275 g/mol. The highest BCUT2D eigenvalue weighted by atomic mass is 32.1. The van der Waals surface area contributed by atoms with Crippen molar-refractivity contribution in [2.24, 2.45) is 11.5 Å². The second-order valence-corrected chi connectivity index (χ2v) is 5.13. The predicted molar refractivity (Wildman–Crippen MR) is 76.2 cm³/mol. The Bertz CT molecular complexity index is 632. The second-order valence-electron chi connectivity index (χ2n) is 4.07. The van der Waals surface area contributed by atoms with Crippen molar-refractivity contribution < 1.29 is 9.59 Å². The summed E-state index contributed by atoms with van der Waals surface area (Å²) in [5.41, 5.74) is 12.7. The van der Waals surface area contributed by atoms with Crippen molar-refractivity contribution in [1.82, 2.24) is 0 Å². The average Bonchev–Trinajstić information content (AvgIpc) is 2.73. The highest BCUT2D eigenvalue weighted by molar-refractivity contribution is 7.20. The standard InChI is InChI=1S/C13H13N3O2S/c1-7-2-4-8(5-3-7)10-6-9(11(14)17)12(19-10)16-13(15)18/h2-6H,1H3,(H2,14,17)(H3,15,16,18). The maximum Gasteiger partial charge on any atom is 0.317 e. The molecule has 2 aromatic rings. The molecular weight excluding hydrogens is 262 g/mol. The molecule has 0 bridgehead atoms. The SMILES string of the molecule is Cc1ccc(-c2cc(C(N)=O)c(NC(N)=O)s2)cc1. The Balaban J connectivity index is 2.45. The molecule has 0 fully saturated rings. The molecule has 6 heteroatoms. The third-order valence-electron chi connectivity index (χ3n) is 2.57. The lowest BCUT2D eigenvalue weighted by atomic mass is 10.1. The summed E-state index contributed by atoms with van der Waals surface area (Å²) in [5, 5.41) is 2.78. The number of nitrogens with two attached hydrogens (primary N) is 2. The molecule has 0 spiro atoms. The third kappa shape index (κ3) is 2.92. The van der Waals surface area contributed by atoms with Crippen molar-refractivity contribution >= 4 is 28.3 Å². The van der Waals surface area contributed by atoms with E-state index in [1.807, 2.05) is 31.2 Å². The number of benzene rings is 1. The largest absolute Gasteiger partial charge is 0.366 e. The molecular formula is C13H13N3O2S. The zero-order valence-electron chi connectivity index (χ0n) is 10.3. The van der Waals surface area contributed by atoms with Gasteiger partial charge < -0.3 is 11.5 Å². The number of carbonyl (C=O) groups excluding carboxylic acids is 2. The van der Waals surface area contributed by atoms with Crippen LogP contribution < -0.4 is 16.8 Å². The van der Waals surface area contributed by atoms with Crippen LogP contribution in [0.2, 0.25) is 0 Å². The van der Waals surface area contributed by atoms with E-state index in [2.05, 4.69) is 5.32 Å². The van der Waals surface area contributed by atoms with Crippen LogP contribution in [-0.2, 0) is 0 Å². The van der Waals surface area contributed by atoms with Crippen molar-refractivity contribution in [3.63, 3.8) is 0 Å². The maximum atomic E-state index is 11.3. The van der Waals surface area contributed by atoms with Gasteiger partial charge in [0.25, 0.3) is 5.91 Å². The van der Waals surface area contributed by atoms with Gasteiger partial charge in [0, 0.05) is 4.88 Å². The first-order chi connectivity index (χ1) is 8.97. The molecule has 19 heavy (non-hydrogen) atoms. The zero-order chi connectivity index (χ0) is 14.0. The highest BCUT2D eigenvalue weighted by Crippen LogP contribution is 2.35. The van der Waals surface area contributed by atoms with Gasteiger partial charge in [0.2, 0.25) is 0 Å². The van der Waals surface area contributed by atoms with E-state index in [-0.39, 0.29) is 5.56 Å². The van der Waals surface area contributed by atoms with E-state index < -0.39 is 11.9 Å². The first-order valence-electron chi connectivity index (χ1n) is 5.54. The maximum absolute atomic E-state index is 11.3. The van der Waals surface area contributed by atoms with E-state index in [0.717, 1.165) is 16.0 Å². The number of hydrogen-bond donors (Lipinski definition) is 3. The molecule has 1 aromatic heterocycles. The fraction of sp³-hybridized carbons (Fsp3) is 0.0769. The summed E-state index contributed by atoms with van der Waals surface area (Å²) >= 11 is 1.26. The van der Waals surface area contributed by atoms with Crippen LogP contribution in [0.5, 0.6) is 0 Å². The lowest BCUT2D eigenvalue weighted by molar-refractivity contribution is 0.100. The van der Waals surface area contributed by atoms with Crippen molar-refractivity contribution in [3.8, 4) is 10.4 Å². The Morgan fingerprint density at radius 1 is 1.16 bits per heavy atom. The predicted octanol–water partition coefficient (Wildman–Crippen LogP) is 2.31. The van der Waals surface area contributed by atoms with Crippen LogP contribution in [0.15, 0.2) is 30.3 Å². The number of aryl methyl sites for hydroxylation is 1. The van der Waals surface area contributed by atoms with Crippen LogP contribution in [0.25, 0.3) is 10.4 Å². The fourth-order valence-electron chi connectivity index (χ4n) is 1.64. The molecule has 0 radical (unpaired) electrons. The Kier molecular flexibility index (Phi) is 3.52. The molecule has 5 nitrogen and oxygen atoms in total. The van der Waals surface area contributed by atoms with Crippen LogP contribution in [0.3, 0.4) is 0 Å². The second kappa shape index (κ2) is 5.11. The number of hydrogen-bond acceptors (Lipinski definition) is 3. The van der Waals surface area contributed by atoms with Gasteiger partial charge in [-0.2, -0.15) is 0 Å². The van der Waals surface area contributed by atoms with Crippen LogP contribution in [0, 0.1) is 6.92 Å². The Morgan fingerprint density at radius 3 is 2.32 bits per heavy atom. The first-order valence-corrected chi connectivity index (χ1v) is 6.36. The van der Waals surface area contributed by atoms with E-state index in [1.165, 1.54) is 11.3 Å². The van der Waals surface area contributed by atoms with Crippen LogP contribution in [0.1, 0.15) is 15.9 Å². The van der Waals surface area contributed by atoms with Gasteiger partial charge in [0.15, 0.2) is 0 Å². The van der Waals surface area contributed by atoms with E-state index in [1.54, 1.807) is 6.07 Å². The molecule has 0 aliphatic heterocycles. The number of thiophene rings is 1. The van der Waals surface area contributed by atoms with E-state index in [0.29, 0.717) is 5.00 Å². The molecule has 1 aromatic carbocycles. The summed E-state index contributed by atoms with van der Waals surface area (Å²) in [4.78, 5) is 23.1. The molecule has 3 amide bonds. The van der Waals surface area contributed by atoms with Gasteiger partial charge in [-0.15, -0.1) is 11.3 Å². The molecule has 5 N–H and O–H groups in total. The Morgan fingerprint density at radius 2 is 1.79 bits per heavy atom. The smallest absolute Gasteiger partial charge is 0.317 e. The lowest BCUT2D eigenvalue weighted by Gasteiger charge is -1.99. The summed E-state index contributed by atoms with van der Waals surface area (Å²) in [5.74, 6) is -0.599. The highest BCUT2D eigenvalue weighted by Gasteiger charge is 2.15. The first kappa shape index (κ1) is 13.1. The summed E-state index contributed by atoms with van der Waals surface area (Å²) in [6, 6.07) is 8.77. The zero-order valence-corrected chi connectivity index (χ0v) is 11.1. The van der Waals surface area contributed by atoms with Gasteiger partial charge >= 0.3 is 6.03 Å². The molecule has 0 aliphatic rings. The number of carbonyl (C=O) groups is 2. The number of anilines is 1. The molecule has 0 saturated heterocycles. The van der Waals surface area contributed by atoms with E-state index >= 15 is 0 Å². The topological polar surface area (TPSA) is 98.2 Å². The van der Waals surface area contributed by atoms with E-state index in [4.69, 9.17) is 11.5 Å². The number of urea groups is 1. The summed E-state index contributed by atoms with van der Waals surface area (Å²) in [7, 11) is 0. The molecule has 0 saturated carbocycles. The molecule has 0 atom stereocenters. The normalized spacial score (nSPS) is 10.2. The van der Waals surface area contributed by atoms with Crippen LogP contribution >= 0.6 is 11.3 Å². The average molecular weight is 275 g/mol. The van der Waals surface area contributed by atoms with Crippen LogP contribution in [0.4, 0.5) is 9.80 Å². The minimum Gasteiger partial charge on any atom is -0.366 e.